The molecule has 5 aliphatic rings. The number of fused-ring (bicyclic) bond motifs is 1. The number of nitrogens with zero attached hydrogens (tertiary/aromatic N) is 9. The van der Waals surface area contributed by atoms with Gasteiger partial charge in [0.1, 0.15) is 12.2 Å². The SMILES string of the molecule is O=C(NC1CCCCC1)c1ccc(-c2nn[nH]n2)cc1.O=C(OC(C1CCCCC1)C1CCCCC1)c1ccc(-c2nn[nH]n2)cc1.O=C(OC1CCC2CCCCC2C1)c1ccc(-c2nn[nH]n2)cc1. The molecule has 0 spiro atoms. The highest BCUT2D eigenvalue weighted by Crippen LogP contribution is 2.42. The standard InChI is InChI=1S/C21H28N4O2.C18H22N4O2.C14H17N5O/c26-21(18-13-11-17(12-14-18)20-22-24-25-23-20)27-19(15-7-3-1-4-8-15)16-9-5-2-6-10-16;23-18(14-7-5-13(6-8-14)17-19-21-22-20-17)24-16-10-9-12-3-1-2-4-15(12)11-16;20-14(15-12-4-2-1-3-5-12)11-8-6-10(7-9-11)13-16-18-19-17-13/h11-16,19H,1-10H2,(H,22,23,24,25);5-8,12,15-16H,1-4,9-11H2,(H,19,20,21,22);6-9,12H,1-5H2,(H,15,20)(H,16,17,18,19). The van der Waals surface area contributed by atoms with Gasteiger partial charge in [0.2, 0.25) is 17.5 Å². The van der Waals surface area contributed by atoms with Crippen LogP contribution in [0.5, 0.6) is 0 Å². The van der Waals surface area contributed by atoms with Crippen molar-refractivity contribution in [3.05, 3.63) is 89.5 Å². The predicted molar refractivity (Wildman–Crippen MR) is 264 cm³/mol. The zero-order valence-electron chi connectivity index (χ0n) is 40.6. The fraction of sp³-hybridized carbons (Fsp3) is 0.547. The molecule has 5 aliphatic carbocycles. The van der Waals surface area contributed by atoms with E-state index in [1.807, 2.05) is 36.4 Å². The van der Waals surface area contributed by atoms with Crippen molar-refractivity contribution in [2.24, 2.45) is 23.7 Å². The maximum absolute atomic E-state index is 12.9. The van der Waals surface area contributed by atoms with Crippen LogP contribution >= 0.6 is 0 Å². The van der Waals surface area contributed by atoms with Crippen molar-refractivity contribution >= 4 is 17.8 Å². The molecule has 0 radical (unpaired) electrons. The fourth-order valence-corrected chi connectivity index (χ4v) is 11.5. The van der Waals surface area contributed by atoms with Gasteiger partial charge in [-0.1, -0.05) is 120 Å². The lowest BCUT2D eigenvalue weighted by atomic mass is 9.70. The third-order valence-corrected chi connectivity index (χ3v) is 15.4. The molecule has 5 fully saturated rings. The lowest BCUT2D eigenvalue weighted by Crippen LogP contribution is -2.36. The van der Waals surface area contributed by atoms with Crippen LogP contribution in [0.3, 0.4) is 0 Å². The number of nitrogens with one attached hydrogen (secondary N) is 4. The number of carbonyl (C=O) groups is 3. The van der Waals surface area contributed by atoms with Gasteiger partial charge in [-0.15, -0.1) is 30.6 Å². The predicted octanol–water partition coefficient (Wildman–Crippen LogP) is 9.86. The van der Waals surface area contributed by atoms with Crippen molar-refractivity contribution in [2.45, 2.75) is 160 Å². The Morgan fingerprint density at radius 1 is 0.465 bits per heavy atom. The van der Waals surface area contributed by atoms with Gasteiger partial charge in [0.15, 0.2) is 0 Å². The molecule has 0 saturated heterocycles. The lowest BCUT2D eigenvalue weighted by Gasteiger charge is -2.38. The van der Waals surface area contributed by atoms with Gasteiger partial charge in [-0.2, -0.15) is 15.6 Å². The normalized spacial score (nSPS) is 20.8. The fourth-order valence-electron chi connectivity index (χ4n) is 11.5. The van der Waals surface area contributed by atoms with Crippen molar-refractivity contribution in [1.29, 1.82) is 0 Å². The van der Waals surface area contributed by atoms with Gasteiger partial charge in [0.05, 0.1) is 11.1 Å². The third-order valence-electron chi connectivity index (χ3n) is 15.4. The first kappa shape index (κ1) is 49.3. The van der Waals surface area contributed by atoms with Crippen molar-refractivity contribution in [3.63, 3.8) is 0 Å². The van der Waals surface area contributed by atoms with E-state index in [4.69, 9.17) is 9.47 Å². The van der Waals surface area contributed by atoms with E-state index in [2.05, 4.69) is 67.2 Å². The van der Waals surface area contributed by atoms with E-state index in [1.54, 1.807) is 36.4 Å². The molecule has 71 heavy (non-hydrogen) atoms. The summed E-state index contributed by atoms with van der Waals surface area (Å²) in [6, 6.07) is 22.0. The summed E-state index contributed by atoms with van der Waals surface area (Å²) >= 11 is 0. The maximum Gasteiger partial charge on any atom is 0.338 e. The summed E-state index contributed by atoms with van der Waals surface area (Å²) in [5.74, 6) is 3.83. The summed E-state index contributed by atoms with van der Waals surface area (Å²) in [4.78, 5) is 37.4. The highest BCUT2D eigenvalue weighted by molar-refractivity contribution is 5.95. The van der Waals surface area contributed by atoms with Crippen LogP contribution in [0.4, 0.5) is 0 Å². The van der Waals surface area contributed by atoms with Crippen LogP contribution in [0.2, 0.25) is 0 Å². The highest BCUT2D eigenvalue weighted by atomic mass is 16.5. The summed E-state index contributed by atoms with van der Waals surface area (Å²) in [5, 5.41) is 44.6. The van der Waals surface area contributed by atoms with E-state index >= 15 is 0 Å². The lowest BCUT2D eigenvalue weighted by molar-refractivity contribution is -0.0233. The monoisotopic (exact) mass is 966 g/mol. The molecule has 3 aromatic carbocycles. The smallest absolute Gasteiger partial charge is 0.338 e. The number of carbonyl (C=O) groups excluding carboxylic acids is 3. The van der Waals surface area contributed by atoms with E-state index < -0.39 is 0 Å². The molecule has 374 valence electrons. The van der Waals surface area contributed by atoms with Crippen LogP contribution in [-0.2, 0) is 9.47 Å². The Morgan fingerprint density at radius 3 is 1.35 bits per heavy atom. The molecule has 4 N–H and O–H groups in total. The molecule has 0 bridgehead atoms. The van der Waals surface area contributed by atoms with Crippen LogP contribution in [-0.4, -0.2) is 98.0 Å². The second kappa shape index (κ2) is 24.9. The minimum absolute atomic E-state index is 0.00318. The Labute approximate surface area is 414 Å². The van der Waals surface area contributed by atoms with Gasteiger partial charge >= 0.3 is 11.9 Å². The number of tetrazole rings is 3. The van der Waals surface area contributed by atoms with Crippen molar-refractivity contribution < 1.29 is 23.9 Å². The minimum Gasteiger partial charge on any atom is -0.459 e. The van der Waals surface area contributed by atoms with Crippen LogP contribution in [0, 0.1) is 23.7 Å². The van der Waals surface area contributed by atoms with Gasteiger partial charge in [0, 0.05) is 28.3 Å². The van der Waals surface area contributed by atoms with Gasteiger partial charge in [-0.3, -0.25) is 4.79 Å². The van der Waals surface area contributed by atoms with Crippen LogP contribution in [0.1, 0.15) is 172 Å². The van der Waals surface area contributed by atoms with Crippen LogP contribution < -0.4 is 5.32 Å². The minimum atomic E-state index is -0.228. The zero-order valence-corrected chi connectivity index (χ0v) is 40.6. The van der Waals surface area contributed by atoms with E-state index in [9.17, 15) is 14.4 Å². The summed E-state index contributed by atoms with van der Waals surface area (Å²) in [5.41, 5.74) is 4.34. The second-order valence-electron chi connectivity index (χ2n) is 20.1. The van der Waals surface area contributed by atoms with Crippen molar-refractivity contribution in [1.82, 2.24) is 67.2 Å². The van der Waals surface area contributed by atoms with E-state index in [0.717, 1.165) is 54.2 Å². The van der Waals surface area contributed by atoms with Crippen molar-refractivity contribution in [3.8, 4) is 34.2 Å². The Morgan fingerprint density at radius 2 is 0.887 bits per heavy atom. The molecule has 0 aliphatic heterocycles. The Hall–Kier alpha value is -6.72. The number of aromatic nitrogens is 12. The van der Waals surface area contributed by atoms with Gasteiger partial charge in [-0.25, -0.2) is 9.59 Å². The quantitative estimate of drug-likeness (QED) is 0.0883. The third kappa shape index (κ3) is 13.6. The first-order chi connectivity index (χ1) is 34.9. The number of benzene rings is 3. The van der Waals surface area contributed by atoms with Crippen molar-refractivity contribution in [2.75, 3.05) is 0 Å². The summed E-state index contributed by atoms with van der Waals surface area (Å²) < 4.78 is 11.9. The number of esters is 2. The first-order valence-corrected chi connectivity index (χ1v) is 26.2. The molecular formula is C53H67N13O5. The van der Waals surface area contributed by atoms with Crippen LogP contribution in [0.15, 0.2) is 72.8 Å². The first-order valence-electron chi connectivity index (χ1n) is 26.2. The zero-order chi connectivity index (χ0) is 48.6. The van der Waals surface area contributed by atoms with Gasteiger partial charge in [-0.05, 0) is 133 Å². The molecule has 3 unspecified atom stereocenters. The number of hydrogen-bond donors (Lipinski definition) is 4. The van der Waals surface area contributed by atoms with Gasteiger partial charge in [0.25, 0.3) is 5.91 Å². The highest BCUT2D eigenvalue weighted by Gasteiger charge is 2.36. The molecule has 18 heteroatoms. The van der Waals surface area contributed by atoms with E-state index in [0.29, 0.717) is 52.0 Å². The molecule has 18 nitrogen and oxygen atoms in total. The maximum atomic E-state index is 12.9. The Bertz CT molecular complexity index is 2500. The Kier molecular flexibility index (Phi) is 17.3. The topological polar surface area (TPSA) is 245 Å². The van der Waals surface area contributed by atoms with E-state index in [1.165, 1.54) is 116 Å². The molecule has 5 saturated carbocycles. The summed E-state index contributed by atoms with van der Waals surface area (Å²) in [6.07, 6.45) is 27.2. The average Bonchev–Trinajstić information content (AvgIpc) is 4.28. The van der Waals surface area contributed by atoms with Gasteiger partial charge < -0.3 is 14.8 Å². The number of H-pyrrole nitrogens is 3. The number of amides is 1. The van der Waals surface area contributed by atoms with E-state index in [-0.39, 0.29) is 30.1 Å². The molecule has 3 atom stereocenters. The summed E-state index contributed by atoms with van der Waals surface area (Å²) in [7, 11) is 0. The number of aromatic amines is 3. The number of ether oxygens (including phenoxy) is 2. The number of hydrogen-bond acceptors (Lipinski definition) is 14. The average molecular weight is 966 g/mol. The summed E-state index contributed by atoms with van der Waals surface area (Å²) in [6.45, 7) is 0. The molecule has 3 aromatic heterocycles. The largest absolute Gasteiger partial charge is 0.459 e. The molecule has 3 heterocycles. The van der Waals surface area contributed by atoms with Crippen LogP contribution in [0.25, 0.3) is 34.2 Å². The Balaban J connectivity index is 0.000000133. The molecule has 1 amide bonds. The molecular weight excluding hydrogens is 899 g/mol. The molecule has 11 rings (SSSR count). The molecule has 6 aromatic rings. The number of rotatable bonds is 11. The second-order valence-corrected chi connectivity index (χ2v) is 20.1.